The Bertz CT molecular complexity index is 1140. The predicted molar refractivity (Wildman–Crippen MR) is 127 cm³/mol. The average molecular weight is 601 g/mol. The van der Waals surface area contributed by atoms with Crippen molar-refractivity contribution in [3.05, 3.63) is 89.0 Å². The van der Waals surface area contributed by atoms with Gasteiger partial charge in [0.25, 0.3) is 0 Å². The van der Waals surface area contributed by atoms with E-state index in [1.807, 2.05) is 36.4 Å². The third kappa shape index (κ3) is 9.22. The van der Waals surface area contributed by atoms with Crippen LogP contribution in [0.3, 0.4) is 0 Å². The van der Waals surface area contributed by atoms with Crippen molar-refractivity contribution in [2.75, 3.05) is 0 Å². The van der Waals surface area contributed by atoms with Gasteiger partial charge in [0.15, 0.2) is 0 Å². The second-order valence-corrected chi connectivity index (χ2v) is 17.6. The summed E-state index contributed by atoms with van der Waals surface area (Å²) >= 11 is 1.74. The molecular formula is C27H29Cl2F3SiZr-2. The molecule has 3 aromatic carbocycles. The quantitative estimate of drug-likeness (QED) is 0.298. The molecule has 0 saturated heterocycles. The summed E-state index contributed by atoms with van der Waals surface area (Å²) in [4.78, 5) is 0. The van der Waals surface area contributed by atoms with E-state index in [9.17, 15) is 13.2 Å². The molecule has 3 aromatic rings. The van der Waals surface area contributed by atoms with E-state index in [1.54, 1.807) is 23.3 Å². The molecule has 1 unspecified atom stereocenters. The Morgan fingerprint density at radius 2 is 1.47 bits per heavy atom. The second-order valence-electron chi connectivity index (χ2n) is 8.21. The van der Waals surface area contributed by atoms with Gasteiger partial charge in [-0.15, -0.1) is 53.6 Å². The number of fused-ring (bicyclic) bond motifs is 1. The molecule has 0 aliphatic heterocycles. The minimum atomic E-state index is -4.29. The Hall–Kier alpha value is -1.00. The van der Waals surface area contributed by atoms with Gasteiger partial charge in [-0.05, 0) is 0 Å². The van der Waals surface area contributed by atoms with Crippen molar-refractivity contribution in [2.24, 2.45) is 5.92 Å². The number of alkyl halides is 3. The third-order valence-electron chi connectivity index (χ3n) is 5.44. The molecule has 0 radical (unpaired) electrons. The Morgan fingerprint density at radius 3 is 1.88 bits per heavy atom. The van der Waals surface area contributed by atoms with Gasteiger partial charge in [-0.3, -0.25) is 6.08 Å². The molecule has 0 N–H and O–H groups in total. The largest absolute Gasteiger partial charge is 1.00 e. The van der Waals surface area contributed by atoms with Crippen LogP contribution in [0.5, 0.6) is 0 Å². The fraction of sp³-hybridized carbons (Fsp3) is 0.296. The van der Waals surface area contributed by atoms with Gasteiger partial charge < -0.3 is 24.8 Å². The zero-order valence-electron chi connectivity index (χ0n) is 20.2. The third-order valence-corrected chi connectivity index (χ3v) is 5.44. The van der Waals surface area contributed by atoms with Gasteiger partial charge in [-0.1, -0.05) is 62.6 Å². The zero-order chi connectivity index (χ0) is 24.1. The van der Waals surface area contributed by atoms with Gasteiger partial charge in [0, 0.05) is 0 Å². The van der Waals surface area contributed by atoms with Crippen molar-refractivity contribution >= 4 is 16.2 Å². The second kappa shape index (κ2) is 14.5. The van der Waals surface area contributed by atoms with E-state index < -0.39 is 11.7 Å². The van der Waals surface area contributed by atoms with Gasteiger partial charge >= 0.3 is 48.0 Å². The van der Waals surface area contributed by atoms with Gasteiger partial charge in [0.2, 0.25) is 0 Å². The molecule has 0 fully saturated rings. The fourth-order valence-electron chi connectivity index (χ4n) is 3.40. The summed E-state index contributed by atoms with van der Waals surface area (Å²) in [6.07, 6.45) is -0.926. The summed E-state index contributed by atoms with van der Waals surface area (Å²) in [7, 11) is 0. The fourth-order valence-corrected chi connectivity index (χ4v) is 3.40. The number of halogens is 5. The van der Waals surface area contributed by atoms with Gasteiger partial charge in [0.05, 0.1) is 5.56 Å². The molecular weight excluding hydrogens is 572 g/mol. The minimum absolute atomic E-state index is 0. The van der Waals surface area contributed by atoms with Gasteiger partial charge in [-0.2, -0.15) is 24.3 Å². The van der Waals surface area contributed by atoms with E-state index in [0.29, 0.717) is 5.92 Å². The predicted octanol–water partition coefficient (Wildman–Crippen LogP) is 2.76. The smallest absolute Gasteiger partial charge is 0.416 e. The Labute approximate surface area is 229 Å². The molecule has 1 aliphatic carbocycles. The number of rotatable bonds is 1. The van der Waals surface area contributed by atoms with Crippen LogP contribution in [0.1, 0.15) is 33.3 Å². The van der Waals surface area contributed by atoms with Crippen molar-refractivity contribution < 1.29 is 61.3 Å². The van der Waals surface area contributed by atoms with Crippen LogP contribution >= 0.6 is 0 Å². The molecule has 7 heteroatoms. The molecule has 1 aliphatic rings. The molecule has 182 valence electrons. The Kier molecular flexibility index (Phi) is 14.1. The van der Waals surface area contributed by atoms with Crippen LogP contribution in [0, 0.1) is 12.0 Å². The molecule has 0 bridgehead atoms. The van der Waals surface area contributed by atoms with Crippen LogP contribution in [-0.2, 0) is 29.5 Å². The van der Waals surface area contributed by atoms with E-state index >= 15 is 0 Å². The van der Waals surface area contributed by atoms with Crippen LogP contribution in [-0.4, -0.2) is 5.43 Å². The van der Waals surface area contributed by atoms with Crippen LogP contribution in [0.15, 0.2) is 77.4 Å². The minimum Gasteiger partial charge on any atom is -1.00 e. The Morgan fingerprint density at radius 1 is 0.941 bits per heavy atom. The van der Waals surface area contributed by atoms with E-state index in [-0.39, 0.29) is 30.2 Å². The summed E-state index contributed by atoms with van der Waals surface area (Å²) in [5.41, 5.74) is 5.60. The zero-order valence-corrected chi connectivity index (χ0v) is 25.2. The van der Waals surface area contributed by atoms with E-state index in [0.717, 1.165) is 34.0 Å². The van der Waals surface area contributed by atoms with Crippen LogP contribution in [0.25, 0.3) is 21.9 Å². The maximum Gasteiger partial charge on any atom is 0.416 e. The van der Waals surface area contributed by atoms with Crippen LogP contribution in [0.4, 0.5) is 13.2 Å². The van der Waals surface area contributed by atoms with Gasteiger partial charge in [-0.25, -0.2) is 5.57 Å². The molecule has 34 heavy (non-hydrogen) atoms. The molecule has 0 spiro atoms. The first-order valence-corrected chi connectivity index (χ1v) is 16.7. The number of hydrogen-bond donors (Lipinski definition) is 0. The SMILES string of the molecule is CC1=[C-]C(C)C(C)=C1C.C[Si](C)=[Zr+2].FC(F)(F)c1ccc(-c2c[cH-]c3ccccc23)cc1.[Cl-].[Cl-]. The first kappa shape index (κ1) is 33.0. The van der Waals surface area contributed by atoms with Gasteiger partial charge in [0.1, 0.15) is 0 Å². The first-order valence-electron chi connectivity index (χ1n) is 10.5. The van der Waals surface area contributed by atoms with Crippen molar-refractivity contribution in [3.8, 4) is 11.1 Å². The molecule has 4 rings (SSSR count). The average Bonchev–Trinajstić information content (AvgIpc) is 3.24. The van der Waals surface area contributed by atoms with Crippen molar-refractivity contribution in [3.63, 3.8) is 0 Å². The molecule has 1 atom stereocenters. The molecule has 0 saturated carbocycles. The van der Waals surface area contributed by atoms with E-state index in [2.05, 4.69) is 46.9 Å². The number of allylic oxidation sites excluding steroid dienone is 4. The monoisotopic (exact) mass is 598 g/mol. The van der Waals surface area contributed by atoms with Crippen molar-refractivity contribution in [1.29, 1.82) is 0 Å². The maximum atomic E-state index is 12.5. The molecule has 0 nitrogen and oxygen atoms in total. The molecule has 0 heterocycles. The maximum absolute atomic E-state index is 12.5. The summed E-state index contributed by atoms with van der Waals surface area (Å²) in [6, 6.07) is 17.0. The molecule has 0 aromatic heterocycles. The van der Waals surface area contributed by atoms with Crippen molar-refractivity contribution in [2.45, 2.75) is 47.0 Å². The topological polar surface area (TPSA) is 0 Å². The molecule has 0 amide bonds. The van der Waals surface area contributed by atoms with Crippen LogP contribution < -0.4 is 24.8 Å². The van der Waals surface area contributed by atoms with E-state index in [4.69, 9.17) is 0 Å². The van der Waals surface area contributed by atoms with Crippen LogP contribution in [0.2, 0.25) is 13.1 Å². The normalized spacial score (nSPS) is 14.7. The first-order chi connectivity index (χ1) is 14.9. The van der Waals surface area contributed by atoms with E-state index in [1.165, 1.54) is 28.9 Å². The summed E-state index contributed by atoms with van der Waals surface area (Å²) < 4.78 is 37.5. The van der Waals surface area contributed by atoms with Crippen molar-refractivity contribution in [1.82, 2.24) is 0 Å². The number of hydrogen-bond acceptors (Lipinski definition) is 0. The Balaban J connectivity index is 0.000000614. The summed E-state index contributed by atoms with van der Waals surface area (Å²) in [5, 5.41) is 2.15. The number of benzene rings is 2. The summed E-state index contributed by atoms with van der Waals surface area (Å²) in [6.45, 7) is 13.3. The summed E-state index contributed by atoms with van der Waals surface area (Å²) in [5.74, 6) is 0.560. The standard InChI is InChI=1S/C16H10F3.C9H13.C2H6Si.2ClH.Zr/c17-16(18,19)13-8-5-12(6-9-13)15-10-7-11-3-1-2-4-14(11)15;1-6-5-7(2)9(4)8(6)3;1-3-2;;;/h1-10H;6H,1-4H3;1-2H3;2*1H;/q2*-1;;;;+2/p-2.